The summed E-state index contributed by atoms with van der Waals surface area (Å²) >= 11 is 0. The third kappa shape index (κ3) is 5.80. The first kappa shape index (κ1) is 19.3. The SMILES string of the molecule is CC(C)c1noc(COC(=O)/C=C/C(=O)OCc2nc(C(C)C)no2)n1. The van der Waals surface area contributed by atoms with Crippen LogP contribution in [0.2, 0.25) is 0 Å². The topological polar surface area (TPSA) is 130 Å². The van der Waals surface area contributed by atoms with E-state index in [1.54, 1.807) is 0 Å². The van der Waals surface area contributed by atoms with Crippen molar-refractivity contribution >= 4 is 11.9 Å². The molecule has 2 aromatic rings. The van der Waals surface area contributed by atoms with Gasteiger partial charge in [-0.15, -0.1) is 0 Å². The minimum absolute atomic E-state index is 0.105. The fourth-order valence-electron chi connectivity index (χ4n) is 1.62. The molecule has 10 heteroatoms. The van der Waals surface area contributed by atoms with Crippen molar-refractivity contribution in [2.45, 2.75) is 52.7 Å². The van der Waals surface area contributed by atoms with Crippen molar-refractivity contribution in [1.29, 1.82) is 0 Å². The van der Waals surface area contributed by atoms with E-state index in [4.69, 9.17) is 18.5 Å². The van der Waals surface area contributed by atoms with Crippen LogP contribution in [0.25, 0.3) is 0 Å². The molecule has 0 unspecified atom stereocenters. The molecule has 0 aliphatic carbocycles. The maximum atomic E-state index is 11.6. The summed E-state index contributed by atoms with van der Waals surface area (Å²) in [4.78, 5) is 31.3. The predicted molar refractivity (Wildman–Crippen MR) is 85.5 cm³/mol. The number of nitrogens with zero attached hydrogens (tertiary/aromatic N) is 4. The van der Waals surface area contributed by atoms with Crippen molar-refractivity contribution in [3.8, 4) is 0 Å². The summed E-state index contributed by atoms with van der Waals surface area (Å²) in [6, 6.07) is 0. The first-order valence-corrected chi connectivity index (χ1v) is 8.01. The third-order valence-electron chi connectivity index (χ3n) is 3.03. The molecule has 2 aromatic heterocycles. The van der Waals surface area contributed by atoms with Gasteiger partial charge < -0.3 is 18.5 Å². The molecule has 0 fully saturated rings. The van der Waals surface area contributed by atoms with E-state index in [1.165, 1.54) is 0 Å². The number of hydrogen-bond acceptors (Lipinski definition) is 10. The van der Waals surface area contributed by atoms with Gasteiger partial charge in [-0.25, -0.2) is 9.59 Å². The summed E-state index contributed by atoms with van der Waals surface area (Å²) in [6.45, 7) is 7.27. The van der Waals surface area contributed by atoms with Crippen molar-refractivity contribution in [1.82, 2.24) is 20.3 Å². The van der Waals surface area contributed by atoms with Gasteiger partial charge in [-0.05, 0) is 0 Å². The summed E-state index contributed by atoms with van der Waals surface area (Å²) in [7, 11) is 0. The highest BCUT2D eigenvalue weighted by molar-refractivity contribution is 5.91. The maximum absolute atomic E-state index is 11.6. The van der Waals surface area contributed by atoms with E-state index in [2.05, 4.69) is 20.3 Å². The Hall–Kier alpha value is -3.04. The highest BCUT2D eigenvalue weighted by Crippen LogP contribution is 2.11. The van der Waals surface area contributed by atoms with Crippen LogP contribution in [0.1, 0.15) is 63.0 Å². The van der Waals surface area contributed by atoms with Gasteiger partial charge in [-0.3, -0.25) is 0 Å². The Labute approximate surface area is 149 Å². The Morgan fingerprint density at radius 3 is 1.54 bits per heavy atom. The molecule has 0 atom stereocenters. The van der Waals surface area contributed by atoms with E-state index in [1.807, 2.05) is 27.7 Å². The highest BCUT2D eigenvalue weighted by Gasteiger charge is 2.12. The molecule has 26 heavy (non-hydrogen) atoms. The fraction of sp³-hybridized carbons (Fsp3) is 0.500. The van der Waals surface area contributed by atoms with Crippen LogP contribution in [0.5, 0.6) is 0 Å². The zero-order chi connectivity index (χ0) is 19.1. The largest absolute Gasteiger partial charge is 0.452 e. The van der Waals surface area contributed by atoms with Crippen molar-refractivity contribution in [2.24, 2.45) is 0 Å². The Morgan fingerprint density at radius 1 is 0.846 bits per heavy atom. The van der Waals surface area contributed by atoms with Gasteiger partial charge in [-0.2, -0.15) is 9.97 Å². The normalized spacial score (nSPS) is 11.5. The molecule has 0 bridgehead atoms. The van der Waals surface area contributed by atoms with Crippen molar-refractivity contribution in [2.75, 3.05) is 0 Å². The van der Waals surface area contributed by atoms with E-state index in [0.29, 0.717) is 11.6 Å². The van der Waals surface area contributed by atoms with Crippen LogP contribution in [0.4, 0.5) is 0 Å². The van der Waals surface area contributed by atoms with Gasteiger partial charge in [0.25, 0.3) is 11.8 Å². The van der Waals surface area contributed by atoms with Gasteiger partial charge in [0.2, 0.25) is 0 Å². The molecule has 140 valence electrons. The monoisotopic (exact) mass is 364 g/mol. The van der Waals surface area contributed by atoms with Gasteiger partial charge in [0.15, 0.2) is 24.9 Å². The lowest BCUT2D eigenvalue weighted by Crippen LogP contribution is -2.05. The minimum Gasteiger partial charge on any atom is -0.452 e. The van der Waals surface area contributed by atoms with Crippen molar-refractivity contribution in [3.05, 3.63) is 35.6 Å². The standard InChI is InChI=1S/C16H20N4O6/c1-9(2)15-17-11(25-19-15)7-23-13(21)5-6-14(22)24-8-12-18-16(10(3)4)20-26-12/h5-6,9-10H,7-8H2,1-4H3/b6-5+. The lowest BCUT2D eigenvalue weighted by Gasteiger charge is -1.98. The Bertz CT molecular complexity index is 713. The molecule has 0 aliphatic rings. The number of carbonyl (C=O) groups is 2. The molecule has 0 radical (unpaired) electrons. The number of esters is 2. The second-order valence-electron chi connectivity index (χ2n) is 5.95. The van der Waals surface area contributed by atoms with E-state index in [0.717, 1.165) is 12.2 Å². The van der Waals surface area contributed by atoms with Crippen LogP contribution < -0.4 is 0 Å². The lowest BCUT2D eigenvalue weighted by molar-refractivity contribution is -0.142. The molecule has 0 spiro atoms. The zero-order valence-corrected chi connectivity index (χ0v) is 15.0. The average Bonchev–Trinajstić information content (AvgIpc) is 3.25. The number of aromatic nitrogens is 4. The first-order valence-electron chi connectivity index (χ1n) is 8.01. The Morgan fingerprint density at radius 2 is 1.23 bits per heavy atom. The summed E-state index contributed by atoms with van der Waals surface area (Å²) in [5.74, 6) is 0.123. The maximum Gasteiger partial charge on any atom is 0.331 e. The zero-order valence-electron chi connectivity index (χ0n) is 15.0. The van der Waals surface area contributed by atoms with Crippen LogP contribution in [0, 0.1) is 0 Å². The average molecular weight is 364 g/mol. The summed E-state index contributed by atoms with van der Waals surface area (Å²) in [6.07, 6.45) is 1.88. The molecule has 10 nitrogen and oxygen atoms in total. The van der Waals surface area contributed by atoms with Gasteiger partial charge in [0.05, 0.1) is 0 Å². The fourth-order valence-corrected chi connectivity index (χ4v) is 1.62. The van der Waals surface area contributed by atoms with Crippen molar-refractivity contribution in [3.63, 3.8) is 0 Å². The first-order chi connectivity index (χ1) is 12.3. The van der Waals surface area contributed by atoms with Gasteiger partial charge in [0.1, 0.15) is 0 Å². The highest BCUT2D eigenvalue weighted by atomic mass is 16.6. The van der Waals surface area contributed by atoms with Gasteiger partial charge >= 0.3 is 11.9 Å². The number of hydrogen-bond donors (Lipinski definition) is 0. The molecule has 0 saturated carbocycles. The number of ether oxygens (including phenoxy) is 2. The molecular formula is C16H20N4O6. The quantitative estimate of drug-likeness (QED) is 0.506. The predicted octanol–water partition coefficient (Wildman–Crippen LogP) is 2.04. The second-order valence-corrected chi connectivity index (χ2v) is 5.95. The Balaban J connectivity index is 1.73. The second kappa shape index (κ2) is 8.88. The summed E-state index contributed by atoms with van der Waals surface area (Å²) in [5, 5.41) is 7.49. The van der Waals surface area contributed by atoms with E-state index in [9.17, 15) is 9.59 Å². The molecule has 2 rings (SSSR count). The third-order valence-corrected chi connectivity index (χ3v) is 3.03. The van der Waals surface area contributed by atoms with Gasteiger partial charge in [-0.1, -0.05) is 38.0 Å². The molecule has 0 aliphatic heterocycles. The van der Waals surface area contributed by atoms with Crippen LogP contribution >= 0.6 is 0 Å². The molecular weight excluding hydrogens is 344 g/mol. The minimum atomic E-state index is -0.744. The number of carbonyl (C=O) groups excluding carboxylic acids is 2. The molecule has 0 amide bonds. The van der Waals surface area contributed by atoms with Crippen LogP contribution in [0.3, 0.4) is 0 Å². The van der Waals surface area contributed by atoms with Gasteiger partial charge in [0, 0.05) is 24.0 Å². The smallest absolute Gasteiger partial charge is 0.331 e. The van der Waals surface area contributed by atoms with E-state index < -0.39 is 11.9 Å². The van der Waals surface area contributed by atoms with E-state index in [-0.39, 0.29) is 36.8 Å². The molecule has 0 aromatic carbocycles. The lowest BCUT2D eigenvalue weighted by atomic mass is 10.2. The van der Waals surface area contributed by atoms with Crippen LogP contribution in [0.15, 0.2) is 21.2 Å². The molecule has 0 N–H and O–H groups in total. The van der Waals surface area contributed by atoms with Crippen LogP contribution in [-0.2, 0) is 32.3 Å². The summed E-state index contributed by atoms with van der Waals surface area (Å²) < 4.78 is 19.6. The molecule has 2 heterocycles. The Kier molecular flexibility index (Phi) is 6.59. The molecule has 0 saturated heterocycles. The number of rotatable bonds is 8. The van der Waals surface area contributed by atoms with Crippen molar-refractivity contribution < 1.29 is 28.1 Å². The van der Waals surface area contributed by atoms with Crippen LogP contribution in [-0.4, -0.2) is 32.2 Å². The van der Waals surface area contributed by atoms with E-state index >= 15 is 0 Å². The summed E-state index contributed by atoms with van der Waals surface area (Å²) in [5.41, 5.74) is 0.